The minimum Gasteiger partial charge on any atom is -0.459 e. The standard InChI is InChI=1S/C14H21NO3/c1-14(2,3)18-13(16)9-6-5-7-11-10(9)8-12(15-4)17-11/h8-9,15H,5-7H2,1-4H3. The van der Waals surface area contributed by atoms with Crippen LogP contribution in [0, 0.1) is 0 Å². The summed E-state index contributed by atoms with van der Waals surface area (Å²) in [5.41, 5.74) is 0.546. The summed E-state index contributed by atoms with van der Waals surface area (Å²) in [6.45, 7) is 5.68. The second kappa shape index (κ2) is 4.67. The molecule has 0 radical (unpaired) electrons. The third kappa shape index (κ3) is 2.68. The van der Waals surface area contributed by atoms with Gasteiger partial charge in [0.15, 0.2) is 5.88 Å². The molecule has 0 fully saturated rings. The van der Waals surface area contributed by atoms with Gasteiger partial charge in [-0.1, -0.05) is 0 Å². The molecule has 1 N–H and O–H groups in total. The molecule has 1 aliphatic rings. The quantitative estimate of drug-likeness (QED) is 0.821. The molecule has 0 spiro atoms. The van der Waals surface area contributed by atoms with E-state index in [9.17, 15) is 4.79 Å². The van der Waals surface area contributed by atoms with Crippen LogP contribution in [0.15, 0.2) is 10.5 Å². The number of carbonyl (C=O) groups is 1. The maximum atomic E-state index is 12.2. The van der Waals surface area contributed by atoms with Crippen molar-refractivity contribution < 1.29 is 13.9 Å². The Morgan fingerprint density at radius 3 is 2.83 bits per heavy atom. The van der Waals surface area contributed by atoms with E-state index in [0.717, 1.165) is 36.5 Å². The van der Waals surface area contributed by atoms with Crippen LogP contribution in [0.2, 0.25) is 0 Å². The van der Waals surface area contributed by atoms with Crippen molar-refractivity contribution >= 4 is 11.9 Å². The van der Waals surface area contributed by atoms with Gasteiger partial charge in [-0.15, -0.1) is 0 Å². The molecular formula is C14H21NO3. The van der Waals surface area contributed by atoms with Crippen molar-refractivity contribution in [3.63, 3.8) is 0 Å². The minimum atomic E-state index is -0.440. The highest BCUT2D eigenvalue weighted by Gasteiger charge is 2.32. The molecule has 1 atom stereocenters. The van der Waals surface area contributed by atoms with E-state index in [1.807, 2.05) is 33.9 Å². The molecule has 100 valence electrons. The molecule has 18 heavy (non-hydrogen) atoms. The van der Waals surface area contributed by atoms with Crippen molar-refractivity contribution in [1.82, 2.24) is 0 Å². The van der Waals surface area contributed by atoms with Crippen molar-refractivity contribution in [3.8, 4) is 0 Å². The second-order valence-electron chi connectivity index (χ2n) is 5.72. The van der Waals surface area contributed by atoms with Gasteiger partial charge in [-0.25, -0.2) is 0 Å². The molecule has 0 aromatic carbocycles. The first kappa shape index (κ1) is 13.0. The molecule has 0 amide bonds. The zero-order chi connectivity index (χ0) is 13.3. The van der Waals surface area contributed by atoms with Crippen LogP contribution >= 0.6 is 0 Å². The van der Waals surface area contributed by atoms with E-state index >= 15 is 0 Å². The van der Waals surface area contributed by atoms with E-state index in [1.165, 1.54) is 0 Å². The third-order valence-electron chi connectivity index (χ3n) is 3.05. The van der Waals surface area contributed by atoms with Gasteiger partial charge >= 0.3 is 5.97 Å². The molecule has 1 aromatic heterocycles. The van der Waals surface area contributed by atoms with Gasteiger partial charge in [0.1, 0.15) is 11.4 Å². The van der Waals surface area contributed by atoms with E-state index in [4.69, 9.17) is 9.15 Å². The fraction of sp³-hybridized carbons (Fsp3) is 0.643. The number of hydrogen-bond donors (Lipinski definition) is 1. The minimum absolute atomic E-state index is 0.146. The Kier molecular flexibility index (Phi) is 3.37. The lowest BCUT2D eigenvalue weighted by molar-refractivity contribution is -0.157. The van der Waals surface area contributed by atoms with Crippen LogP contribution in [0.25, 0.3) is 0 Å². The molecule has 0 bridgehead atoms. The fourth-order valence-corrected chi connectivity index (χ4v) is 2.30. The number of fused-ring (bicyclic) bond motifs is 1. The summed E-state index contributed by atoms with van der Waals surface area (Å²) >= 11 is 0. The van der Waals surface area contributed by atoms with Crippen molar-refractivity contribution in [3.05, 3.63) is 17.4 Å². The molecule has 4 nitrogen and oxygen atoms in total. The first-order chi connectivity index (χ1) is 8.40. The highest BCUT2D eigenvalue weighted by Crippen LogP contribution is 2.36. The molecule has 0 saturated heterocycles. The molecule has 0 saturated carbocycles. The number of furan rings is 1. The first-order valence-corrected chi connectivity index (χ1v) is 6.44. The summed E-state index contributed by atoms with van der Waals surface area (Å²) in [4.78, 5) is 12.2. The number of anilines is 1. The molecule has 1 unspecified atom stereocenters. The number of hydrogen-bond acceptors (Lipinski definition) is 4. The van der Waals surface area contributed by atoms with Gasteiger partial charge in [0, 0.05) is 25.1 Å². The third-order valence-corrected chi connectivity index (χ3v) is 3.05. The molecule has 4 heteroatoms. The van der Waals surface area contributed by atoms with Crippen molar-refractivity contribution in [2.45, 2.75) is 51.6 Å². The van der Waals surface area contributed by atoms with Gasteiger partial charge in [-0.3, -0.25) is 4.79 Å². The average Bonchev–Trinajstić information content (AvgIpc) is 2.68. The molecule has 2 rings (SSSR count). The largest absolute Gasteiger partial charge is 0.459 e. The summed E-state index contributed by atoms with van der Waals surface area (Å²) in [5.74, 6) is 1.31. The predicted octanol–water partition coefficient (Wildman–Crippen LogP) is 3.08. The second-order valence-corrected chi connectivity index (χ2v) is 5.72. The normalized spacial score (nSPS) is 19.2. The number of rotatable bonds is 2. The lowest BCUT2D eigenvalue weighted by Crippen LogP contribution is -2.29. The summed E-state index contributed by atoms with van der Waals surface area (Å²) in [7, 11) is 1.81. The Hall–Kier alpha value is -1.45. The van der Waals surface area contributed by atoms with Crippen LogP contribution < -0.4 is 5.32 Å². The molecular weight excluding hydrogens is 230 g/mol. The summed E-state index contributed by atoms with van der Waals surface area (Å²) < 4.78 is 11.1. The van der Waals surface area contributed by atoms with Gasteiger partial charge in [0.05, 0.1) is 5.92 Å². The van der Waals surface area contributed by atoms with E-state index in [2.05, 4.69) is 5.32 Å². The van der Waals surface area contributed by atoms with Crippen LogP contribution in [0.4, 0.5) is 5.88 Å². The topological polar surface area (TPSA) is 51.5 Å². The number of nitrogens with one attached hydrogen (secondary N) is 1. The molecule has 1 heterocycles. The Morgan fingerprint density at radius 2 is 2.22 bits per heavy atom. The van der Waals surface area contributed by atoms with Gasteiger partial charge in [0.2, 0.25) is 0 Å². The van der Waals surface area contributed by atoms with E-state index in [0.29, 0.717) is 0 Å². The number of aryl methyl sites for hydroxylation is 1. The van der Waals surface area contributed by atoms with E-state index in [-0.39, 0.29) is 11.9 Å². The monoisotopic (exact) mass is 251 g/mol. The smallest absolute Gasteiger partial charge is 0.314 e. The number of carbonyl (C=O) groups excluding carboxylic acids is 1. The first-order valence-electron chi connectivity index (χ1n) is 6.44. The summed E-state index contributed by atoms with van der Waals surface area (Å²) in [6.07, 6.45) is 2.70. The van der Waals surface area contributed by atoms with Crippen molar-refractivity contribution in [1.29, 1.82) is 0 Å². The lowest BCUT2D eigenvalue weighted by Gasteiger charge is -2.25. The maximum absolute atomic E-state index is 12.2. The SMILES string of the molecule is CNc1cc2c(o1)CCCC2C(=O)OC(C)(C)C. The Bertz CT molecular complexity index is 442. The summed E-state index contributed by atoms with van der Waals surface area (Å²) in [6, 6.07) is 1.92. The molecule has 0 aliphatic heterocycles. The molecule has 1 aromatic rings. The van der Waals surface area contributed by atoms with Gasteiger partial charge in [-0.2, -0.15) is 0 Å². The summed E-state index contributed by atoms with van der Waals surface area (Å²) in [5, 5.41) is 2.97. The Labute approximate surface area is 108 Å². The van der Waals surface area contributed by atoms with Crippen LogP contribution in [-0.2, 0) is 16.0 Å². The van der Waals surface area contributed by atoms with Crippen LogP contribution in [0.1, 0.15) is 50.9 Å². The van der Waals surface area contributed by atoms with E-state index in [1.54, 1.807) is 0 Å². The maximum Gasteiger partial charge on any atom is 0.314 e. The highest BCUT2D eigenvalue weighted by atomic mass is 16.6. The van der Waals surface area contributed by atoms with Gasteiger partial charge in [0.25, 0.3) is 0 Å². The van der Waals surface area contributed by atoms with Crippen molar-refractivity contribution in [2.75, 3.05) is 12.4 Å². The van der Waals surface area contributed by atoms with Crippen LogP contribution in [-0.4, -0.2) is 18.6 Å². The van der Waals surface area contributed by atoms with Crippen LogP contribution in [0.5, 0.6) is 0 Å². The highest BCUT2D eigenvalue weighted by molar-refractivity contribution is 5.79. The fourth-order valence-electron chi connectivity index (χ4n) is 2.30. The van der Waals surface area contributed by atoms with Crippen LogP contribution in [0.3, 0.4) is 0 Å². The number of ether oxygens (including phenoxy) is 1. The lowest BCUT2D eigenvalue weighted by atomic mass is 9.87. The zero-order valence-electron chi connectivity index (χ0n) is 11.5. The van der Waals surface area contributed by atoms with E-state index < -0.39 is 5.60 Å². The predicted molar refractivity (Wildman–Crippen MR) is 69.8 cm³/mol. The molecule has 1 aliphatic carbocycles. The van der Waals surface area contributed by atoms with Gasteiger partial charge in [-0.05, 0) is 33.6 Å². The van der Waals surface area contributed by atoms with Gasteiger partial charge < -0.3 is 14.5 Å². The number of esters is 1. The zero-order valence-corrected chi connectivity index (χ0v) is 11.5. The Morgan fingerprint density at radius 1 is 1.50 bits per heavy atom. The van der Waals surface area contributed by atoms with Crippen molar-refractivity contribution in [2.24, 2.45) is 0 Å². The average molecular weight is 251 g/mol. The Balaban J connectivity index is 2.21.